The summed E-state index contributed by atoms with van der Waals surface area (Å²) >= 11 is 6.11. The Balaban J connectivity index is 0.000000431. The summed E-state index contributed by atoms with van der Waals surface area (Å²) in [6, 6.07) is 16.3. The molecule has 214 valence electrons. The Hall–Kier alpha value is -4.36. The van der Waals surface area contributed by atoms with Crippen molar-refractivity contribution in [3.8, 4) is 5.69 Å². The molecule has 0 radical (unpaired) electrons. The number of morpholine rings is 1. The van der Waals surface area contributed by atoms with Gasteiger partial charge in [0.15, 0.2) is 0 Å². The number of carbonyl (C=O) groups is 1. The minimum absolute atomic E-state index is 0.285. The first-order valence-electron chi connectivity index (χ1n) is 12.4. The lowest BCUT2D eigenvalue weighted by Crippen LogP contribution is -2.36. The van der Waals surface area contributed by atoms with Crippen LogP contribution in [0.15, 0.2) is 60.9 Å². The summed E-state index contributed by atoms with van der Waals surface area (Å²) in [4.78, 5) is 23.8. The van der Waals surface area contributed by atoms with Crippen LogP contribution in [0.4, 0.5) is 28.9 Å². The quantitative estimate of drug-likeness (QED) is 0.223. The highest BCUT2D eigenvalue weighted by Crippen LogP contribution is 2.32. The van der Waals surface area contributed by atoms with E-state index in [1.165, 1.54) is 12.1 Å². The number of nitrogens with one attached hydrogen (secondary N) is 2. The Kier molecular flexibility index (Phi) is 7.99. The fourth-order valence-electron chi connectivity index (χ4n) is 4.37. The van der Waals surface area contributed by atoms with Crippen LogP contribution >= 0.6 is 11.6 Å². The van der Waals surface area contributed by atoms with Crippen molar-refractivity contribution in [3.05, 3.63) is 77.6 Å². The average molecular weight is 591 g/mol. The van der Waals surface area contributed by atoms with Gasteiger partial charge in [-0.05, 0) is 48.5 Å². The largest absolute Gasteiger partial charge is 0.490 e. The SMILES string of the molecule is Fc1cccc(-n2cnc3c(NCc4nc5ccc(Cl)cc5[nH]4)cc(N4CCOCC4)cc32)c1.O=C(O)C(F)(F)F. The minimum atomic E-state index is -5.08. The number of benzene rings is 3. The maximum atomic E-state index is 13.9. The standard InChI is InChI=1S/C25H22ClFN6O.C2HF3O2/c26-16-4-5-20-21(10-16)31-24(30-20)14-28-22-12-19(32-6-8-34-9-7-32)13-23-25(22)29-15-33(23)18-3-1-2-17(27)11-18;3-2(4,5)1(6)7/h1-5,10-13,15,28H,6-9,14H2,(H,30,31);(H,6,7). The molecule has 3 N–H and O–H groups in total. The van der Waals surface area contributed by atoms with E-state index in [-0.39, 0.29) is 5.82 Å². The van der Waals surface area contributed by atoms with Gasteiger partial charge in [-0.15, -0.1) is 0 Å². The molecule has 5 aromatic rings. The number of carboxylic acid groups (broad SMARTS) is 1. The summed E-state index contributed by atoms with van der Waals surface area (Å²) in [6.45, 7) is 3.48. The number of aromatic nitrogens is 4. The maximum Gasteiger partial charge on any atom is 0.490 e. The number of anilines is 2. The monoisotopic (exact) mass is 590 g/mol. The van der Waals surface area contributed by atoms with Gasteiger partial charge in [0.25, 0.3) is 0 Å². The molecular weight excluding hydrogens is 568 g/mol. The van der Waals surface area contributed by atoms with E-state index in [0.717, 1.165) is 58.0 Å². The summed E-state index contributed by atoms with van der Waals surface area (Å²) in [5.41, 5.74) is 6.13. The van der Waals surface area contributed by atoms with Crippen molar-refractivity contribution >= 4 is 51.0 Å². The third-order valence-corrected chi connectivity index (χ3v) is 6.52. The molecule has 3 heterocycles. The number of aromatic amines is 1. The van der Waals surface area contributed by atoms with Crippen LogP contribution in [0.2, 0.25) is 5.02 Å². The first-order valence-corrected chi connectivity index (χ1v) is 12.7. The molecule has 41 heavy (non-hydrogen) atoms. The van der Waals surface area contributed by atoms with Crippen molar-refractivity contribution in [1.29, 1.82) is 0 Å². The van der Waals surface area contributed by atoms with Gasteiger partial charge in [0.05, 0.1) is 47.7 Å². The summed E-state index contributed by atoms with van der Waals surface area (Å²) in [5, 5.41) is 11.3. The van der Waals surface area contributed by atoms with E-state index in [1.54, 1.807) is 12.4 Å². The van der Waals surface area contributed by atoms with Gasteiger partial charge < -0.3 is 25.0 Å². The van der Waals surface area contributed by atoms with Crippen LogP contribution < -0.4 is 10.2 Å². The molecular formula is C27H23ClF4N6O3. The van der Waals surface area contributed by atoms with Crippen molar-refractivity contribution in [2.75, 3.05) is 36.5 Å². The highest BCUT2D eigenvalue weighted by atomic mass is 35.5. The molecule has 14 heteroatoms. The lowest BCUT2D eigenvalue weighted by Gasteiger charge is -2.29. The number of ether oxygens (including phenoxy) is 1. The zero-order valence-electron chi connectivity index (χ0n) is 21.3. The summed E-state index contributed by atoms with van der Waals surface area (Å²) in [7, 11) is 0. The van der Waals surface area contributed by atoms with E-state index >= 15 is 0 Å². The highest BCUT2D eigenvalue weighted by molar-refractivity contribution is 6.31. The number of hydrogen-bond donors (Lipinski definition) is 3. The Labute approximate surface area is 235 Å². The second-order valence-corrected chi connectivity index (χ2v) is 9.49. The normalized spacial score (nSPS) is 13.7. The predicted molar refractivity (Wildman–Crippen MR) is 146 cm³/mol. The van der Waals surface area contributed by atoms with E-state index in [2.05, 4.69) is 37.3 Å². The molecule has 0 aliphatic carbocycles. The van der Waals surface area contributed by atoms with E-state index in [9.17, 15) is 17.6 Å². The van der Waals surface area contributed by atoms with E-state index in [4.69, 9.17) is 26.2 Å². The molecule has 0 bridgehead atoms. The number of halogens is 5. The third kappa shape index (κ3) is 6.52. The van der Waals surface area contributed by atoms with E-state index in [1.807, 2.05) is 28.8 Å². The Morgan fingerprint density at radius 1 is 1.10 bits per heavy atom. The number of hydrogen-bond acceptors (Lipinski definition) is 6. The van der Waals surface area contributed by atoms with Crippen LogP contribution in [0, 0.1) is 5.82 Å². The third-order valence-electron chi connectivity index (χ3n) is 6.28. The highest BCUT2D eigenvalue weighted by Gasteiger charge is 2.38. The second-order valence-electron chi connectivity index (χ2n) is 9.06. The fourth-order valence-corrected chi connectivity index (χ4v) is 4.54. The number of H-pyrrole nitrogens is 1. The summed E-state index contributed by atoms with van der Waals surface area (Å²) in [6.07, 6.45) is -3.35. The van der Waals surface area contributed by atoms with Crippen molar-refractivity contribution in [2.45, 2.75) is 12.7 Å². The molecule has 0 spiro atoms. The maximum absolute atomic E-state index is 13.9. The fraction of sp³-hybridized carbons (Fsp3) is 0.222. The molecule has 0 atom stereocenters. The number of fused-ring (bicyclic) bond motifs is 2. The zero-order chi connectivity index (χ0) is 29.1. The Morgan fingerprint density at radius 3 is 2.56 bits per heavy atom. The smallest absolute Gasteiger partial charge is 0.475 e. The average Bonchev–Trinajstić information content (AvgIpc) is 3.55. The van der Waals surface area contributed by atoms with Gasteiger partial charge in [0, 0.05) is 23.8 Å². The molecule has 9 nitrogen and oxygen atoms in total. The number of nitrogens with zero attached hydrogens (tertiary/aromatic N) is 4. The van der Waals surface area contributed by atoms with E-state index in [0.29, 0.717) is 24.8 Å². The van der Waals surface area contributed by atoms with Crippen molar-refractivity contribution < 1.29 is 32.2 Å². The molecule has 1 aliphatic heterocycles. The number of aliphatic carboxylic acids is 1. The van der Waals surface area contributed by atoms with Crippen LogP contribution in [0.1, 0.15) is 5.82 Å². The second kappa shape index (κ2) is 11.6. The van der Waals surface area contributed by atoms with Gasteiger partial charge in [-0.1, -0.05) is 17.7 Å². The Morgan fingerprint density at radius 2 is 1.85 bits per heavy atom. The van der Waals surface area contributed by atoms with Crippen LogP contribution in [-0.2, 0) is 16.1 Å². The van der Waals surface area contributed by atoms with Crippen LogP contribution in [-0.4, -0.2) is 63.1 Å². The zero-order valence-corrected chi connectivity index (χ0v) is 22.0. The van der Waals surface area contributed by atoms with Gasteiger partial charge in [-0.3, -0.25) is 4.57 Å². The van der Waals surface area contributed by atoms with Crippen LogP contribution in [0.25, 0.3) is 27.8 Å². The molecule has 1 saturated heterocycles. The van der Waals surface area contributed by atoms with Crippen molar-refractivity contribution in [2.24, 2.45) is 0 Å². The topological polar surface area (TPSA) is 108 Å². The molecule has 2 aromatic heterocycles. The van der Waals surface area contributed by atoms with Gasteiger partial charge in [0.1, 0.15) is 23.5 Å². The lowest BCUT2D eigenvalue weighted by atomic mass is 10.2. The Bertz CT molecular complexity index is 1700. The predicted octanol–water partition coefficient (Wildman–Crippen LogP) is 5.78. The summed E-state index contributed by atoms with van der Waals surface area (Å²) in [5.74, 6) is -2.24. The lowest BCUT2D eigenvalue weighted by molar-refractivity contribution is -0.192. The van der Waals surface area contributed by atoms with E-state index < -0.39 is 12.1 Å². The molecule has 1 fully saturated rings. The molecule has 0 amide bonds. The van der Waals surface area contributed by atoms with Crippen LogP contribution in [0.3, 0.4) is 0 Å². The molecule has 0 unspecified atom stereocenters. The van der Waals surface area contributed by atoms with Crippen molar-refractivity contribution in [1.82, 2.24) is 19.5 Å². The van der Waals surface area contributed by atoms with Crippen molar-refractivity contribution in [3.63, 3.8) is 0 Å². The first kappa shape index (κ1) is 28.2. The molecule has 6 rings (SSSR count). The number of rotatable bonds is 5. The van der Waals surface area contributed by atoms with Gasteiger partial charge in [-0.2, -0.15) is 13.2 Å². The first-order chi connectivity index (χ1) is 19.6. The van der Waals surface area contributed by atoms with Gasteiger partial charge in [0.2, 0.25) is 0 Å². The minimum Gasteiger partial charge on any atom is -0.475 e. The van der Waals surface area contributed by atoms with Crippen LogP contribution in [0.5, 0.6) is 0 Å². The number of carboxylic acids is 1. The van der Waals surface area contributed by atoms with Gasteiger partial charge in [-0.25, -0.2) is 19.2 Å². The number of imidazole rings is 2. The molecule has 1 aliphatic rings. The molecule has 0 saturated carbocycles. The van der Waals surface area contributed by atoms with Gasteiger partial charge >= 0.3 is 12.1 Å². The summed E-state index contributed by atoms with van der Waals surface area (Å²) < 4.78 is 53.1. The number of alkyl halides is 3. The molecule has 3 aromatic carbocycles.